The zero-order chi connectivity index (χ0) is 8.48. The zero-order valence-electron chi connectivity index (χ0n) is 8.05. The van der Waals surface area contributed by atoms with Crippen molar-refractivity contribution in [1.29, 1.82) is 0 Å². The summed E-state index contributed by atoms with van der Waals surface area (Å²) in [5, 5.41) is 0. The SMILES string of the molecule is CC(C)OC1(CN(C)C)CC1. The predicted molar refractivity (Wildman–Crippen MR) is 46.7 cm³/mol. The van der Waals surface area contributed by atoms with Gasteiger partial charge in [-0.15, -0.1) is 0 Å². The van der Waals surface area contributed by atoms with Gasteiger partial charge in [0.25, 0.3) is 0 Å². The average molecular weight is 157 g/mol. The maximum Gasteiger partial charge on any atom is 0.0814 e. The van der Waals surface area contributed by atoms with E-state index >= 15 is 0 Å². The topological polar surface area (TPSA) is 12.5 Å². The highest BCUT2D eigenvalue weighted by atomic mass is 16.5. The van der Waals surface area contributed by atoms with Gasteiger partial charge in [-0.3, -0.25) is 0 Å². The first kappa shape index (κ1) is 9.01. The number of ether oxygens (including phenoxy) is 1. The van der Waals surface area contributed by atoms with Gasteiger partial charge < -0.3 is 9.64 Å². The molecule has 2 nitrogen and oxygen atoms in total. The molecule has 1 rings (SSSR count). The Morgan fingerprint density at radius 1 is 1.36 bits per heavy atom. The van der Waals surface area contributed by atoms with Crippen LogP contribution < -0.4 is 0 Å². The van der Waals surface area contributed by atoms with E-state index in [1.165, 1.54) is 12.8 Å². The van der Waals surface area contributed by atoms with Gasteiger partial charge in [0.1, 0.15) is 0 Å². The van der Waals surface area contributed by atoms with Crippen LogP contribution >= 0.6 is 0 Å². The largest absolute Gasteiger partial charge is 0.371 e. The van der Waals surface area contributed by atoms with Crippen LogP contribution in [0.15, 0.2) is 0 Å². The van der Waals surface area contributed by atoms with Crippen LogP contribution in [-0.2, 0) is 4.74 Å². The molecule has 1 aliphatic rings. The maximum atomic E-state index is 5.82. The number of hydrogen-bond donors (Lipinski definition) is 0. The van der Waals surface area contributed by atoms with Crippen LogP contribution in [0, 0.1) is 0 Å². The minimum atomic E-state index is 0.220. The minimum Gasteiger partial charge on any atom is -0.371 e. The molecule has 1 aliphatic carbocycles. The van der Waals surface area contributed by atoms with E-state index in [9.17, 15) is 0 Å². The molecule has 0 N–H and O–H groups in total. The van der Waals surface area contributed by atoms with E-state index in [1.807, 2.05) is 0 Å². The molecule has 0 aromatic carbocycles. The lowest BCUT2D eigenvalue weighted by atomic mass is 10.3. The van der Waals surface area contributed by atoms with Crippen LogP contribution in [0.5, 0.6) is 0 Å². The summed E-state index contributed by atoms with van der Waals surface area (Å²) in [7, 11) is 4.20. The average Bonchev–Trinajstić information content (AvgIpc) is 2.43. The van der Waals surface area contributed by atoms with Crippen molar-refractivity contribution < 1.29 is 4.74 Å². The lowest BCUT2D eigenvalue weighted by molar-refractivity contribution is -0.0237. The van der Waals surface area contributed by atoms with E-state index in [0.29, 0.717) is 6.10 Å². The molecule has 66 valence electrons. The second-order valence-electron chi connectivity index (χ2n) is 4.09. The van der Waals surface area contributed by atoms with E-state index in [2.05, 4.69) is 32.8 Å². The summed E-state index contributed by atoms with van der Waals surface area (Å²) in [5.74, 6) is 0. The van der Waals surface area contributed by atoms with E-state index in [0.717, 1.165) is 6.54 Å². The van der Waals surface area contributed by atoms with Crippen molar-refractivity contribution in [3.63, 3.8) is 0 Å². The normalized spacial score (nSPS) is 21.3. The molecule has 0 saturated heterocycles. The van der Waals surface area contributed by atoms with Gasteiger partial charge in [0.2, 0.25) is 0 Å². The molecule has 0 bridgehead atoms. The Bertz CT molecular complexity index is 116. The molecule has 1 fully saturated rings. The summed E-state index contributed by atoms with van der Waals surface area (Å²) in [5.41, 5.74) is 0.220. The molecule has 0 radical (unpaired) electrons. The Morgan fingerprint density at radius 2 is 1.91 bits per heavy atom. The third kappa shape index (κ3) is 2.80. The van der Waals surface area contributed by atoms with Crippen molar-refractivity contribution in [2.24, 2.45) is 0 Å². The quantitative estimate of drug-likeness (QED) is 0.613. The Hall–Kier alpha value is -0.0800. The third-order valence-corrected chi connectivity index (χ3v) is 1.90. The second-order valence-corrected chi connectivity index (χ2v) is 4.09. The van der Waals surface area contributed by atoms with Gasteiger partial charge in [0, 0.05) is 6.54 Å². The molecular formula is C9H19NO. The van der Waals surface area contributed by atoms with E-state index in [-0.39, 0.29) is 5.60 Å². The Balaban J connectivity index is 2.29. The van der Waals surface area contributed by atoms with Crippen LogP contribution in [0.4, 0.5) is 0 Å². The van der Waals surface area contributed by atoms with Crippen LogP contribution in [0.25, 0.3) is 0 Å². The van der Waals surface area contributed by atoms with Gasteiger partial charge in [-0.05, 0) is 40.8 Å². The smallest absolute Gasteiger partial charge is 0.0814 e. The van der Waals surface area contributed by atoms with Gasteiger partial charge in [0.15, 0.2) is 0 Å². The fourth-order valence-corrected chi connectivity index (χ4v) is 1.53. The van der Waals surface area contributed by atoms with Crippen molar-refractivity contribution in [1.82, 2.24) is 4.90 Å². The van der Waals surface area contributed by atoms with Crippen molar-refractivity contribution in [2.45, 2.75) is 38.4 Å². The van der Waals surface area contributed by atoms with Crippen molar-refractivity contribution in [2.75, 3.05) is 20.6 Å². The van der Waals surface area contributed by atoms with Crippen molar-refractivity contribution in [3.8, 4) is 0 Å². The summed E-state index contributed by atoms with van der Waals surface area (Å²) < 4.78 is 5.82. The summed E-state index contributed by atoms with van der Waals surface area (Å²) in [6.07, 6.45) is 2.85. The van der Waals surface area contributed by atoms with Gasteiger partial charge in [-0.25, -0.2) is 0 Å². The van der Waals surface area contributed by atoms with Crippen molar-refractivity contribution in [3.05, 3.63) is 0 Å². The molecule has 0 amide bonds. The molecule has 11 heavy (non-hydrogen) atoms. The minimum absolute atomic E-state index is 0.220. The lowest BCUT2D eigenvalue weighted by Crippen LogP contribution is -2.32. The van der Waals surface area contributed by atoms with Gasteiger partial charge in [-0.1, -0.05) is 0 Å². The summed E-state index contributed by atoms with van der Waals surface area (Å²) in [6.45, 7) is 5.29. The van der Waals surface area contributed by atoms with E-state index < -0.39 is 0 Å². The molecule has 1 saturated carbocycles. The Labute approximate surface area is 69.5 Å². The maximum absolute atomic E-state index is 5.82. The highest BCUT2D eigenvalue weighted by molar-refractivity contribution is 4.97. The number of nitrogens with zero attached hydrogens (tertiary/aromatic N) is 1. The highest BCUT2D eigenvalue weighted by Gasteiger charge is 2.44. The van der Waals surface area contributed by atoms with Gasteiger partial charge >= 0.3 is 0 Å². The monoisotopic (exact) mass is 157 g/mol. The standard InChI is InChI=1S/C9H19NO/c1-8(2)11-9(5-6-9)7-10(3)4/h8H,5-7H2,1-4H3. The lowest BCUT2D eigenvalue weighted by Gasteiger charge is -2.22. The number of hydrogen-bond acceptors (Lipinski definition) is 2. The molecule has 0 unspecified atom stereocenters. The first-order valence-electron chi connectivity index (χ1n) is 4.37. The zero-order valence-corrected chi connectivity index (χ0v) is 8.05. The summed E-state index contributed by atoms with van der Waals surface area (Å²) in [4.78, 5) is 2.20. The first-order chi connectivity index (χ1) is 5.04. The summed E-state index contributed by atoms with van der Waals surface area (Å²) >= 11 is 0. The Morgan fingerprint density at radius 3 is 2.18 bits per heavy atom. The molecule has 2 heteroatoms. The van der Waals surface area contributed by atoms with Gasteiger partial charge in [0.05, 0.1) is 11.7 Å². The van der Waals surface area contributed by atoms with Crippen LogP contribution in [-0.4, -0.2) is 37.2 Å². The van der Waals surface area contributed by atoms with Crippen LogP contribution in [0.3, 0.4) is 0 Å². The first-order valence-corrected chi connectivity index (χ1v) is 4.37. The van der Waals surface area contributed by atoms with Crippen LogP contribution in [0.2, 0.25) is 0 Å². The van der Waals surface area contributed by atoms with Gasteiger partial charge in [-0.2, -0.15) is 0 Å². The molecule has 0 spiro atoms. The molecular weight excluding hydrogens is 138 g/mol. The molecule has 0 aromatic heterocycles. The predicted octanol–water partition coefficient (Wildman–Crippen LogP) is 1.51. The molecule has 0 aromatic rings. The fraction of sp³-hybridized carbons (Fsp3) is 1.00. The third-order valence-electron chi connectivity index (χ3n) is 1.90. The molecule has 0 heterocycles. The van der Waals surface area contributed by atoms with Crippen molar-refractivity contribution >= 4 is 0 Å². The Kier molecular flexibility index (Phi) is 2.55. The second kappa shape index (κ2) is 3.11. The molecule has 0 atom stereocenters. The van der Waals surface area contributed by atoms with E-state index in [1.54, 1.807) is 0 Å². The number of rotatable bonds is 4. The fourth-order valence-electron chi connectivity index (χ4n) is 1.53. The van der Waals surface area contributed by atoms with Crippen LogP contribution in [0.1, 0.15) is 26.7 Å². The molecule has 0 aliphatic heterocycles. The summed E-state index contributed by atoms with van der Waals surface area (Å²) in [6, 6.07) is 0. The number of likely N-dealkylation sites (N-methyl/N-ethyl adjacent to an activating group) is 1. The highest BCUT2D eigenvalue weighted by Crippen LogP contribution is 2.40. The van der Waals surface area contributed by atoms with E-state index in [4.69, 9.17) is 4.74 Å².